The van der Waals surface area contributed by atoms with Crippen molar-refractivity contribution in [2.45, 2.75) is 0 Å². The van der Waals surface area contributed by atoms with Crippen LogP contribution in [0.5, 0.6) is 5.75 Å². The van der Waals surface area contributed by atoms with Crippen LogP contribution in [-0.2, 0) is 0 Å². The predicted octanol–water partition coefficient (Wildman–Crippen LogP) is 8.19. The summed E-state index contributed by atoms with van der Waals surface area (Å²) in [6.45, 7) is 0. The first-order valence-corrected chi connectivity index (χ1v) is 13.1. The second kappa shape index (κ2) is 9.97. The summed E-state index contributed by atoms with van der Waals surface area (Å²) < 4.78 is 2.08. The molecule has 7 rings (SSSR count). The van der Waals surface area contributed by atoms with Crippen molar-refractivity contribution in [3.63, 3.8) is 0 Å². The van der Waals surface area contributed by atoms with Crippen LogP contribution in [0.15, 0.2) is 140 Å². The maximum atomic E-state index is 10.8. The lowest BCUT2D eigenvalue weighted by atomic mass is 9.94. The second-order valence-electron chi connectivity index (χ2n) is 9.55. The van der Waals surface area contributed by atoms with Gasteiger partial charge in [-0.05, 0) is 71.3 Å². The van der Waals surface area contributed by atoms with Crippen molar-refractivity contribution >= 4 is 11.0 Å². The van der Waals surface area contributed by atoms with E-state index in [1.165, 1.54) is 0 Å². The van der Waals surface area contributed by atoms with E-state index in [2.05, 4.69) is 75.2 Å². The van der Waals surface area contributed by atoms with Gasteiger partial charge >= 0.3 is 0 Å². The highest BCUT2D eigenvalue weighted by molar-refractivity contribution is 5.97. The van der Waals surface area contributed by atoms with Crippen LogP contribution < -0.4 is 0 Å². The summed E-state index contributed by atoms with van der Waals surface area (Å²) in [4.78, 5) is 14.1. The lowest BCUT2D eigenvalue weighted by Gasteiger charge is -2.12. The second-order valence-corrected chi connectivity index (χ2v) is 9.55. The minimum Gasteiger partial charge on any atom is -0.507 e. The van der Waals surface area contributed by atoms with Crippen molar-refractivity contribution in [1.29, 1.82) is 0 Å². The monoisotopic (exact) mass is 516 g/mol. The number of benzene rings is 4. The smallest absolute Gasteiger partial charge is 0.151 e. The third-order valence-electron chi connectivity index (χ3n) is 7.05. The Morgan fingerprint density at radius 2 is 1.32 bits per heavy atom. The van der Waals surface area contributed by atoms with E-state index in [1.807, 2.05) is 60.8 Å². The molecule has 0 radical (unpaired) electrons. The summed E-state index contributed by atoms with van der Waals surface area (Å²) in [5, 5.41) is 10.8. The quantitative estimate of drug-likeness (QED) is 0.250. The number of imidazole rings is 1. The number of nitrogens with zero attached hydrogens (tertiary/aromatic N) is 4. The van der Waals surface area contributed by atoms with Gasteiger partial charge in [0.05, 0.1) is 22.3 Å². The summed E-state index contributed by atoms with van der Waals surface area (Å²) in [6.07, 6.45) is 5.05. The molecule has 4 aromatic carbocycles. The first-order chi connectivity index (χ1) is 19.8. The van der Waals surface area contributed by atoms with Crippen LogP contribution in [0.25, 0.3) is 61.6 Å². The van der Waals surface area contributed by atoms with Crippen molar-refractivity contribution < 1.29 is 5.11 Å². The molecule has 5 nitrogen and oxygen atoms in total. The van der Waals surface area contributed by atoms with Gasteiger partial charge in [0.15, 0.2) is 5.82 Å². The number of rotatable bonds is 5. The molecule has 5 heteroatoms. The van der Waals surface area contributed by atoms with Crippen molar-refractivity contribution in [1.82, 2.24) is 19.5 Å². The summed E-state index contributed by atoms with van der Waals surface area (Å²) in [7, 11) is 0. The lowest BCUT2D eigenvalue weighted by molar-refractivity contribution is 0.476. The summed E-state index contributed by atoms with van der Waals surface area (Å²) in [5.41, 5.74) is 9.49. The minimum absolute atomic E-state index is 0.132. The number of hydrogen-bond donors (Lipinski definition) is 1. The topological polar surface area (TPSA) is 63.8 Å². The average molecular weight is 517 g/mol. The van der Waals surface area contributed by atoms with E-state index >= 15 is 0 Å². The molecular formula is C35H24N4O. The van der Waals surface area contributed by atoms with Crippen LogP contribution in [0.2, 0.25) is 0 Å². The fourth-order valence-electron chi connectivity index (χ4n) is 5.17. The largest absolute Gasteiger partial charge is 0.507 e. The van der Waals surface area contributed by atoms with E-state index in [1.54, 1.807) is 18.5 Å². The fraction of sp³-hybridized carbons (Fsp3) is 0. The Hall–Kier alpha value is -5.55. The van der Waals surface area contributed by atoms with Gasteiger partial charge in [-0.25, -0.2) is 4.98 Å². The molecule has 3 heterocycles. The summed E-state index contributed by atoms with van der Waals surface area (Å²) >= 11 is 0. The Labute approximate surface area is 231 Å². The number of pyridine rings is 2. The van der Waals surface area contributed by atoms with Crippen molar-refractivity contribution in [3.05, 3.63) is 140 Å². The minimum atomic E-state index is 0.132. The van der Waals surface area contributed by atoms with Crippen LogP contribution in [0, 0.1) is 0 Å². The first-order valence-electron chi connectivity index (χ1n) is 13.1. The van der Waals surface area contributed by atoms with Gasteiger partial charge in [-0.1, -0.05) is 66.7 Å². The summed E-state index contributed by atoms with van der Waals surface area (Å²) in [6, 6.07) is 40.8. The van der Waals surface area contributed by atoms with Gasteiger partial charge in [0, 0.05) is 35.4 Å². The molecule has 0 saturated carbocycles. The molecule has 0 aliphatic carbocycles. The number of aromatic hydroxyl groups is 1. The zero-order valence-corrected chi connectivity index (χ0v) is 21.5. The first kappa shape index (κ1) is 23.6. The Kier molecular flexibility index (Phi) is 5.87. The molecule has 0 saturated heterocycles. The van der Waals surface area contributed by atoms with Crippen molar-refractivity contribution in [2.75, 3.05) is 0 Å². The molecule has 40 heavy (non-hydrogen) atoms. The van der Waals surface area contributed by atoms with Gasteiger partial charge in [0.25, 0.3) is 0 Å². The van der Waals surface area contributed by atoms with Gasteiger partial charge in [-0.2, -0.15) is 0 Å². The number of para-hydroxylation sites is 2. The highest BCUT2D eigenvalue weighted by Gasteiger charge is 2.20. The highest BCUT2D eigenvalue weighted by atomic mass is 16.3. The molecule has 0 atom stereocenters. The van der Waals surface area contributed by atoms with Gasteiger partial charge in [-0.3, -0.25) is 14.5 Å². The van der Waals surface area contributed by atoms with Gasteiger partial charge in [-0.15, -0.1) is 0 Å². The standard InChI is InChI=1S/C35H24N4O/c40-33-17-19-36-23-30(33)35-38-34-29(14-9-16-32(34)39(35)28-12-5-2-6-13-28)26-20-25(24-10-3-1-4-11-24)21-27(22-26)31-15-7-8-18-37-31/h1-23H,(H,36,40). The average Bonchev–Trinajstić information content (AvgIpc) is 3.42. The molecule has 0 bridgehead atoms. The Bertz CT molecular complexity index is 1890. The predicted molar refractivity (Wildman–Crippen MR) is 160 cm³/mol. The van der Waals surface area contributed by atoms with Gasteiger partial charge in [0.2, 0.25) is 0 Å². The van der Waals surface area contributed by atoms with E-state index in [9.17, 15) is 5.11 Å². The molecule has 0 spiro atoms. The molecule has 0 amide bonds. The van der Waals surface area contributed by atoms with Crippen LogP contribution in [0.1, 0.15) is 0 Å². The highest BCUT2D eigenvalue weighted by Crippen LogP contribution is 2.39. The van der Waals surface area contributed by atoms with E-state index in [-0.39, 0.29) is 5.75 Å². The van der Waals surface area contributed by atoms with Crippen LogP contribution in [0.4, 0.5) is 0 Å². The molecule has 1 N–H and O–H groups in total. The zero-order chi connectivity index (χ0) is 26.9. The van der Waals surface area contributed by atoms with E-state index in [0.717, 1.165) is 50.2 Å². The molecule has 0 unspecified atom stereocenters. The van der Waals surface area contributed by atoms with Gasteiger partial charge < -0.3 is 5.11 Å². The molecule has 0 aliphatic heterocycles. The molecular weight excluding hydrogens is 492 g/mol. The van der Waals surface area contributed by atoms with Gasteiger partial charge in [0.1, 0.15) is 5.75 Å². The number of fused-ring (bicyclic) bond motifs is 1. The Balaban J connectivity index is 1.52. The molecule has 7 aromatic rings. The zero-order valence-electron chi connectivity index (χ0n) is 21.5. The van der Waals surface area contributed by atoms with Crippen LogP contribution in [0.3, 0.4) is 0 Å². The lowest BCUT2D eigenvalue weighted by Crippen LogP contribution is -1.97. The molecule has 190 valence electrons. The van der Waals surface area contributed by atoms with Crippen LogP contribution in [-0.4, -0.2) is 24.6 Å². The molecule has 3 aromatic heterocycles. The number of hydrogen-bond acceptors (Lipinski definition) is 4. The summed E-state index contributed by atoms with van der Waals surface area (Å²) in [5.74, 6) is 0.760. The van der Waals surface area contributed by atoms with E-state index < -0.39 is 0 Å². The van der Waals surface area contributed by atoms with Crippen LogP contribution >= 0.6 is 0 Å². The van der Waals surface area contributed by atoms with Crippen molar-refractivity contribution in [3.8, 4) is 56.3 Å². The maximum absolute atomic E-state index is 10.8. The Morgan fingerprint density at radius 3 is 2.10 bits per heavy atom. The third kappa shape index (κ3) is 4.20. The maximum Gasteiger partial charge on any atom is 0.151 e. The third-order valence-corrected chi connectivity index (χ3v) is 7.05. The molecule has 0 fully saturated rings. The number of aromatic nitrogens is 4. The SMILES string of the molecule is Oc1ccncc1-c1nc2c(-c3cc(-c4ccccc4)cc(-c4ccccn4)c3)cccc2n1-c1ccccc1. The van der Waals surface area contributed by atoms with Crippen molar-refractivity contribution in [2.24, 2.45) is 0 Å². The van der Waals surface area contributed by atoms with E-state index in [4.69, 9.17) is 4.98 Å². The molecule has 0 aliphatic rings. The fourth-order valence-corrected chi connectivity index (χ4v) is 5.17. The van der Waals surface area contributed by atoms with E-state index in [0.29, 0.717) is 11.4 Å². The normalized spacial score (nSPS) is 11.1. The Morgan fingerprint density at radius 1 is 0.575 bits per heavy atom.